The van der Waals surface area contributed by atoms with Gasteiger partial charge in [0.1, 0.15) is 5.82 Å². The number of anilines is 3. The monoisotopic (exact) mass is 458 g/mol. The molecule has 1 aliphatic rings. The molecule has 0 saturated carbocycles. The van der Waals surface area contributed by atoms with Gasteiger partial charge in [0.25, 0.3) is 11.8 Å². The summed E-state index contributed by atoms with van der Waals surface area (Å²) in [6.07, 6.45) is -1.59. The molecule has 2 amide bonds. The Bertz CT molecular complexity index is 1270. The van der Waals surface area contributed by atoms with Gasteiger partial charge in [-0.1, -0.05) is 0 Å². The number of rotatable bonds is 3. The second-order valence-corrected chi connectivity index (χ2v) is 8.01. The van der Waals surface area contributed by atoms with E-state index in [-0.39, 0.29) is 40.9 Å². The van der Waals surface area contributed by atoms with Crippen LogP contribution in [-0.2, 0) is 6.18 Å². The summed E-state index contributed by atoms with van der Waals surface area (Å²) >= 11 is 0. The number of hydrogen-bond acceptors (Lipinski definition) is 5. The number of aryl methyl sites for hydroxylation is 2. The third-order valence-corrected chi connectivity index (χ3v) is 5.48. The van der Waals surface area contributed by atoms with Crippen LogP contribution in [0.3, 0.4) is 0 Å². The molecule has 1 atom stereocenters. The Kier molecular flexibility index (Phi) is 5.35. The van der Waals surface area contributed by atoms with Crippen LogP contribution in [0.1, 0.15) is 50.5 Å². The second-order valence-electron chi connectivity index (χ2n) is 8.01. The highest BCUT2D eigenvalue weighted by Crippen LogP contribution is 2.36. The summed E-state index contributed by atoms with van der Waals surface area (Å²) in [5.41, 5.74) is 6.58. The fourth-order valence-electron chi connectivity index (χ4n) is 3.86. The van der Waals surface area contributed by atoms with E-state index in [0.29, 0.717) is 5.69 Å². The first-order valence-corrected chi connectivity index (χ1v) is 10.1. The largest absolute Gasteiger partial charge is 0.416 e. The number of amides is 2. The van der Waals surface area contributed by atoms with Crippen LogP contribution in [0.5, 0.6) is 0 Å². The molecular weight excluding hydrogens is 437 g/mol. The number of nitrogens with two attached hydrogens (primary N) is 1. The molecule has 0 radical (unpaired) electrons. The molecule has 0 spiro atoms. The van der Waals surface area contributed by atoms with Crippen molar-refractivity contribution < 1.29 is 22.8 Å². The van der Waals surface area contributed by atoms with E-state index in [1.165, 1.54) is 41.0 Å². The van der Waals surface area contributed by atoms with E-state index in [1.54, 1.807) is 13.0 Å². The van der Waals surface area contributed by atoms with Gasteiger partial charge in [-0.2, -0.15) is 18.3 Å². The quantitative estimate of drug-likeness (QED) is 0.618. The minimum atomic E-state index is -4.48. The van der Waals surface area contributed by atoms with E-state index in [4.69, 9.17) is 5.73 Å². The summed E-state index contributed by atoms with van der Waals surface area (Å²) in [6.45, 7) is 5.14. The highest BCUT2D eigenvalue weighted by Gasteiger charge is 2.36. The van der Waals surface area contributed by atoms with Crippen molar-refractivity contribution in [2.45, 2.75) is 33.0 Å². The molecule has 0 fully saturated rings. The summed E-state index contributed by atoms with van der Waals surface area (Å²) in [5, 5.41) is 6.88. The zero-order valence-corrected chi connectivity index (χ0v) is 18.1. The Morgan fingerprint density at radius 1 is 1.21 bits per heavy atom. The third-order valence-electron chi connectivity index (χ3n) is 5.48. The van der Waals surface area contributed by atoms with Crippen molar-refractivity contribution in [1.29, 1.82) is 0 Å². The van der Waals surface area contributed by atoms with Gasteiger partial charge in [-0.15, -0.1) is 0 Å². The van der Waals surface area contributed by atoms with Crippen molar-refractivity contribution in [1.82, 2.24) is 14.8 Å². The topological polar surface area (TPSA) is 106 Å². The standard InChI is InChI=1S/C22H21F3N6O2/c1-11-6-15(19(26)27-8-11)20(32)29-17-9-28-31-13(3)10-30(21(33)18(17)31)14-4-5-16(12(2)7-14)22(23,24)25/h4-9,13H,10H2,1-3H3,(H2,26,27)(H,29,32). The van der Waals surface area contributed by atoms with Crippen molar-refractivity contribution in [2.75, 3.05) is 22.5 Å². The smallest absolute Gasteiger partial charge is 0.383 e. The number of nitrogen functional groups attached to an aromatic ring is 1. The Morgan fingerprint density at radius 2 is 1.94 bits per heavy atom. The van der Waals surface area contributed by atoms with E-state index in [9.17, 15) is 22.8 Å². The Morgan fingerprint density at radius 3 is 2.61 bits per heavy atom. The minimum Gasteiger partial charge on any atom is -0.383 e. The van der Waals surface area contributed by atoms with Crippen molar-refractivity contribution >= 4 is 29.0 Å². The molecule has 3 aromatic rings. The summed E-state index contributed by atoms with van der Waals surface area (Å²) in [4.78, 5) is 31.5. The van der Waals surface area contributed by atoms with Crippen molar-refractivity contribution in [3.05, 3.63) is 64.6 Å². The molecule has 0 saturated heterocycles. The second kappa shape index (κ2) is 7.91. The number of nitrogens with zero attached hydrogens (tertiary/aromatic N) is 4. The average Bonchev–Trinajstić information content (AvgIpc) is 3.15. The van der Waals surface area contributed by atoms with Gasteiger partial charge in [0, 0.05) is 18.4 Å². The minimum absolute atomic E-state index is 0.00971. The first-order valence-electron chi connectivity index (χ1n) is 10.1. The molecule has 0 aliphatic carbocycles. The van der Waals surface area contributed by atoms with E-state index >= 15 is 0 Å². The van der Waals surface area contributed by atoms with Gasteiger partial charge in [0.2, 0.25) is 0 Å². The first-order chi connectivity index (χ1) is 15.5. The normalized spacial score (nSPS) is 16.0. The third kappa shape index (κ3) is 4.01. The summed E-state index contributed by atoms with van der Waals surface area (Å²) < 4.78 is 40.9. The zero-order valence-electron chi connectivity index (χ0n) is 18.1. The Hall–Kier alpha value is -3.89. The van der Waals surface area contributed by atoms with E-state index in [1.807, 2.05) is 6.92 Å². The molecular formula is C22H21F3N6O2. The molecule has 8 nitrogen and oxygen atoms in total. The van der Waals surface area contributed by atoms with Crippen LogP contribution in [0.25, 0.3) is 0 Å². The molecule has 2 aromatic heterocycles. The van der Waals surface area contributed by atoms with Crippen LogP contribution in [0.4, 0.5) is 30.4 Å². The lowest BCUT2D eigenvalue weighted by molar-refractivity contribution is -0.138. The number of fused-ring (bicyclic) bond motifs is 1. The van der Waals surface area contributed by atoms with Gasteiger partial charge in [0.05, 0.1) is 29.1 Å². The van der Waals surface area contributed by atoms with Gasteiger partial charge < -0.3 is 16.0 Å². The molecule has 0 bridgehead atoms. The van der Waals surface area contributed by atoms with Crippen LogP contribution >= 0.6 is 0 Å². The maximum absolute atomic E-state index is 13.3. The van der Waals surface area contributed by atoms with Gasteiger partial charge in [-0.05, 0) is 56.2 Å². The summed E-state index contributed by atoms with van der Waals surface area (Å²) in [6, 6.07) is 4.86. The predicted octanol–water partition coefficient (Wildman–Crippen LogP) is 3.97. The molecule has 172 valence electrons. The van der Waals surface area contributed by atoms with E-state index in [2.05, 4.69) is 15.4 Å². The molecule has 3 N–H and O–H groups in total. The Labute approximate surface area is 187 Å². The maximum atomic E-state index is 13.3. The summed E-state index contributed by atoms with van der Waals surface area (Å²) in [7, 11) is 0. The molecule has 3 heterocycles. The van der Waals surface area contributed by atoms with Gasteiger partial charge >= 0.3 is 6.18 Å². The molecule has 1 aromatic carbocycles. The van der Waals surface area contributed by atoms with Gasteiger partial charge in [-0.25, -0.2) is 4.98 Å². The number of halogens is 3. The molecule has 1 aliphatic heterocycles. The highest BCUT2D eigenvalue weighted by atomic mass is 19.4. The molecule has 33 heavy (non-hydrogen) atoms. The number of aromatic nitrogens is 3. The summed E-state index contributed by atoms with van der Waals surface area (Å²) in [5.74, 6) is -1.00. The van der Waals surface area contributed by atoms with Crippen LogP contribution in [0.2, 0.25) is 0 Å². The average molecular weight is 458 g/mol. The van der Waals surface area contributed by atoms with Crippen LogP contribution in [-0.4, -0.2) is 33.1 Å². The maximum Gasteiger partial charge on any atom is 0.416 e. The van der Waals surface area contributed by atoms with Crippen LogP contribution in [0, 0.1) is 13.8 Å². The first kappa shape index (κ1) is 22.3. The Balaban J connectivity index is 1.67. The van der Waals surface area contributed by atoms with E-state index in [0.717, 1.165) is 11.6 Å². The SMILES string of the molecule is Cc1cnc(N)c(C(=O)Nc2cnn3c2C(=O)N(c2ccc(C(F)(F)F)c(C)c2)CC3C)c1. The lowest BCUT2D eigenvalue weighted by Crippen LogP contribution is -2.43. The van der Waals surface area contributed by atoms with Gasteiger partial charge in [-0.3, -0.25) is 14.3 Å². The van der Waals surface area contributed by atoms with Gasteiger partial charge in [0.15, 0.2) is 5.69 Å². The molecule has 11 heteroatoms. The molecule has 4 rings (SSSR count). The lowest BCUT2D eigenvalue weighted by atomic mass is 10.1. The van der Waals surface area contributed by atoms with Crippen molar-refractivity contribution in [2.24, 2.45) is 0 Å². The number of carbonyl (C=O) groups excluding carboxylic acids is 2. The number of hydrogen-bond donors (Lipinski definition) is 2. The number of alkyl halides is 3. The van der Waals surface area contributed by atoms with Crippen molar-refractivity contribution in [3.8, 4) is 0 Å². The predicted molar refractivity (Wildman–Crippen MR) is 116 cm³/mol. The molecule has 1 unspecified atom stereocenters. The van der Waals surface area contributed by atoms with Crippen LogP contribution < -0.4 is 16.0 Å². The number of nitrogens with one attached hydrogen (secondary N) is 1. The van der Waals surface area contributed by atoms with Crippen molar-refractivity contribution in [3.63, 3.8) is 0 Å². The highest BCUT2D eigenvalue weighted by molar-refractivity contribution is 6.14. The van der Waals surface area contributed by atoms with Crippen LogP contribution in [0.15, 0.2) is 36.7 Å². The fraction of sp³-hybridized carbons (Fsp3) is 0.273. The number of pyridine rings is 1. The fourth-order valence-corrected chi connectivity index (χ4v) is 3.86. The lowest BCUT2D eigenvalue weighted by Gasteiger charge is -2.32. The zero-order chi connectivity index (χ0) is 24.1. The number of benzene rings is 1. The van der Waals surface area contributed by atoms with E-state index < -0.39 is 23.6 Å². The number of carbonyl (C=O) groups is 2.